The van der Waals surface area contributed by atoms with Crippen LogP contribution in [0, 0.1) is 17.5 Å². The summed E-state index contributed by atoms with van der Waals surface area (Å²) in [7, 11) is -3.69. The summed E-state index contributed by atoms with van der Waals surface area (Å²) >= 11 is 0. The van der Waals surface area contributed by atoms with Gasteiger partial charge in [-0.15, -0.1) is 0 Å². The number of rotatable bonds is 5. The van der Waals surface area contributed by atoms with E-state index in [9.17, 15) is 26.4 Å². The molecule has 0 radical (unpaired) electrons. The Morgan fingerprint density at radius 3 is 2.30 bits per heavy atom. The zero-order valence-electron chi connectivity index (χ0n) is 15.9. The largest absolute Gasteiger partial charge is 0.344 e. The lowest BCUT2D eigenvalue weighted by Gasteiger charge is -2.15. The Kier molecular flexibility index (Phi) is 5.88. The minimum absolute atomic E-state index is 0.0339. The van der Waals surface area contributed by atoms with Crippen LogP contribution in [0.15, 0.2) is 53.7 Å². The summed E-state index contributed by atoms with van der Waals surface area (Å²) < 4.78 is 64.2. The normalized spacial score (nSPS) is 12.4. The number of nitrogens with zero attached hydrogens (tertiary/aromatic N) is 2. The van der Waals surface area contributed by atoms with E-state index < -0.39 is 39.2 Å². The van der Waals surface area contributed by atoms with Crippen LogP contribution in [-0.2, 0) is 9.84 Å². The summed E-state index contributed by atoms with van der Waals surface area (Å²) in [6, 6.07) is 6.08. The molecule has 0 aliphatic heterocycles. The molecular weight excluding hydrogens is 419 g/mol. The van der Waals surface area contributed by atoms with Gasteiger partial charge in [0.1, 0.15) is 17.5 Å². The Bertz CT molecular complexity index is 1220. The number of hydrogen-bond donors (Lipinski definition) is 1. The Morgan fingerprint density at radius 2 is 1.70 bits per heavy atom. The second-order valence-corrected chi connectivity index (χ2v) is 8.61. The van der Waals surface area contributed by atoms with Gasteiger partial charge in [-0.2, -0.15) is 0 Å². The van der Waals surface area contributed by atoms with Gasteiger partial charge in [-0.1, -0.05) is 0 Å². The zero-order valence-corrected chi connectivity index (χ0v) is 16.7. The number of sulfone groups is 1. The average Bonchev–Trinajstić information content (AvgIpc) is 2.67. The van der Waals surface area contributed by atoms with Crippen molar-refractivity contribution in [2.45, 2.75) is 17.9 Å². The van der Waals surface area contributed by atoms with Crippen molar-refractivity contribution in [3.63, 3.8) is 0 Å². The van der Waals surface area contributed by atoms with Crippen LogP contribution in [0.3, 0.4) is 0 Å². The van der Waals surface area contributed by atoms with Crippen LogP contribution in [-0.4, -0.2) is 30.5 Å². The first-order valence-corrected chi connectivity index (χ1v) is 10.5. The molecule has 0 bridgehead atoms. The number of pyridine rings is 2. The smallest absolute Gasteiger partial charge is 0.251 e. The number of benzene rings is 1. The standard InChI is InChI=1S/C20H16F3N3O3S/c1-11(19-17(23)8-15(22)10-25-19)26-20(27)13-5-12(6-16(7-13)30(2,28)29)18-4-3-14(21)9-24-18/h3-11H,1-2H3,(H,26,27)/t11-/m1/s1. The predicted molar refractivity (Wildman–Crippen MR) is 103 cm³/mol. The van der Waals surface area contributed by atoms with Gasteiger partial charge in [0.15, 0.2) is 9.84 Å². The van der Waals surface area contributed by atoms with Crippen molar-refractivity contribution in [1.82, 2.24) is 15.3 Å². The molecule has 1 amide bonds. The van der Waals surface area contributed by atoms with E-state index in [1.54, 1.807) is 0 Å². The molecule has 1 N–H and O–H groups in total. The molecule has 0 saturated heterocycles. The van der Waals surface area contributed by atoms with Crippen molar-refractivity contribution in [3.05, 3.63) is 77.5 Å². The topological polar surface area (TPSA) is 89.0 Å². The van der Waals surface area contributed by atoms with Crippen molar-refractivity contribution in [2.24, 2.45) is 0 Å². The predicted octanol–water partition coefficient (Wildman–Crippen LogP) is 3.46. The molecule has 1 aromatic carbocycles. The number of nitrogens with one attached hydrogen (secondary N) is 1. The van der Waals surface area contributed by atoms with Crippen LogP contribution >= 0.6 is 0 Å². The summed E-state index contributed by atoms with van der Waals surface area (Å²) in [5.41, 5.74) is 0.329. The molecule has 0 fully saturated rings. The summed E-state index contributed by atoms with van der Waals surface area (Å²) in [5.74, 6) is -3.06. The number of hydrogen-bond acceptors (Lipinski definition) is 5. The fraction of sp³-hybridized carbons (Fsp3) is 0.150. The first kappa shape index (κ1) is 21.4. The molecule has 6 nitrogen and oxygen atoms in total. The Morgan fingerprint density at radius 1 is 1.00 bits per heavy atom. The van der Waals surface area contributed by atoms with E-state index in [1.807, 2.05) is 0 Å². The van der Waals surface area contributed by atoms with E-state index in [2.05, 4.69) is 15.3 Å². The fourth-order valence-electron chi connectivity index (χ4n) is 2.73. The lowest BCUT2D eigenvalue weighted by molar-refractivity contribution is 0.0938. The molecule has 0 unspecified atom stereocenters. The Labute approximate surface area is 170 Å². The summed E-state index contributed by atoms with van der Waals surface area (Å²) in [5, 5.41) is 2.50. The number of halogens is 3. The molecular formula is C20H16F3N3O3S. The van der Waals surface area contributed by atoms with E-state index in [0.717, 1.165) is 24.7 Å². The van der Waals surface area contributed by atoms with E-state index in [1.165, 1.54) is 31.2 Å². The first-order chi connectivity index (χ1) is 14.0. The van der Waals surface area contributed by atoms with Crippen LogP contribution in [0.1, 0.15) is 29.0 Å². The number of aromatic nitrogens is 2. The molecule has 0 aliphatic rings. The third-order valence-electron chi connectivity index (χ3n) is 4.21. The van der Waals surface area contributed by atoms with Crippen molar-refractivity contribution in [1.29, 1.82) is 0 Å². The van der Waals surface area contributed by atoms with Crippen LogP contribution in [0.5, 0.6) is 0 Å². The second-order valence-electron chi connectivity index (χ2n) is 6.60. The molecule has 2 aromatic heterocycles. The molecule has 2 heterocycles. The maximum atomic E-state index is 13.9. The van der Waals surface area contributed by atoms with Gasteiger partial charge < -0.3 is 5.32 Å². The van der Waals surface area contributed by atoms with Gasteiger partial charge >= 0.3 is 0 Å². The first-order valence-electron chi connectivity index (χ1n) is 8.63. The van der Waals surface area contributed by atoms with Gasteiger partial charge in [-0.3, -0.25) is 14.8 Å². The van der Waals surface area contributed by atoms with Crippen LogP contribution in [0.25, 0.3) is 11.3 Å². The van der Waals surface area contributed by atoms with E-state index in [4.69, 9.17) is 0 Å². The van der Waals surface area contributed by atoms with Crippen LogP contribution in [0.2, 0.25) is 0 Å². The summed E-state index contributed by atoms with van der Waals surface area (Å²) in [6.07, 6.45) is 2.77. The van der Waals surface area contributed by atoms with Crippen molar-refractivity contribution >= 4 is 15.7 Å². The lowest BCUT2D eigenvalue weighted by atomic mass is 10.1. The molecule has 3 rings (SSSR count). The minimum atomic E-state index is -3.69. The van der Waals surface area contributed by atoms with Gasteiger partial charge in [0.05, 0.1) is 34.7 Å². The van der Waals surface area contributed by atoms with Crippen molar-refractivity contribution in [2.75, 3.05) is 6.26 Å². The fourth-order valence-corrected chi connectivity index (χ4v) is 3.41. The van der Waals surface area contributed by atoms with Gasteiger partial charge in [0.2, 0.25) is 0 Å². The van der Waals surface area contributed by atoms with E-state index >= 15 is 0 Å². The molecule has 0 aliphatic carbocycles. The highest BCUT2D eigenvalue weighted by molar-refractivity contribution is 7.90. The molecule has 0 saturated carbocycles. The second kappa shape index (κ2) is 8.23. The highest BCUT2D eigenvalue weighted by Crippen LogP contribution is 2.24. The summed E-state index contributed by atoms with van der Waals surface area (Å²) in [6.45, 7) is 1.45. The lowest BCUT2D eigenvalue weighted by Crippen LogP contribution is -2.28. The third kappa shape index (κ3) is 4.82. The summed E-state index contributed by atoms with van der Waals surface area (Å²) in [4.78, 5) is 20.1. The number of carbonyl (C=O) groups is 1. The molecule has 1 atom stereocenters. The molecule has 0 spiro atoms. The Balaban J connectivity index is 1.98. The van der Waals surface area contributed by atoms with Crippen LogP contribution in [0.4, 0.5) is 13.2 Å². The SMILES string of the molecule is C[C@@H](NC(=O)c1cc(-c2ccc(F)cn2)cc(S(C)(=O)=O)c1)c1ncc(F)cc1F. The monoisotopic (exact) mass is 435 g/mol. The van der Waals surface area contributed by atoms with Gasteiger partial charge in [0, 0.05) is 23.4 Å². The highest BCUT2D eigenvalue weighted by atomic mass is 32.2. The maximum Gasteiger partial charge on any atom is 0.251 e. The molecule has 3 aromatic rings. The van der Waals surface area contributed by atoms with Gasteiger partial charge in [-0.25, -0.2) is 21.6 Å². The van der Waals surface area contributed by atoms with Crippen molar-refractivity contribution in [3.8, 4) is 11.3 Å². The molecule has 156 valence electrons. The number of amides is 1. The maximum absolute atomic E-state index is 13.9. The average molecular weight is 435 g/mol. The van der Waals surface area contributed by atoms with Gasteiger partial charge in [0.25, 0.3) is 5.91 Å². The quantitative estimate of drug-likeness (QED) is 0.663. The third-order valence-corrected chi connectivity index (χ3v) is 5.31. The molecule has 30 heavy (non-hydrogen) atoms. The number of carbonyl (C=O) groups excluding carboxylic acids is 1. The van der Waals surface area contributed by atoms with Gasteiger partial charge in [-0.05, 0) is 37.3 Å². The minimum Gasteiger partial charge on any atom is -0.344 e. The van der Waals surface area contributed by atoms with E-state index in [0.29, 0.717) is 6.07 Å². The van der Waals surface area contributed by atoms with Crippen molar-refractivity contribution < 1.29 is 26.4 Å². The molecule has 10 heteroatoms. The zero-order chi connectivity index (χ0) is 22.1. The van der Waals surface area contributed by atoms with E-state index in [-0.39, 0.29) is 27.4 Å². The Hall–Kier alpha value is -3.27. The highest BCUT2D eigenvalue weighted by Gasteiger charge is 2.20. The van der Waals surface area contributed by atoms with Crippen LogP contribution < -0.4 is 5.32 Å².